The second-order valence-electron chi connectivity index (χ2n) is 2.93. The molecule has 0 aromatic heterocycles. The van der Waals surface area contributed by atoms with Gasteiger partial charge in [0, 0.05) is 5.69 Å². The van der Waals surface area contributed by atoms with E-state index < -0.39 is 6.09 Å². The highest BCUT2D eigenvalue weighted by atomic mass is 16.5. The molecule has 5 nitrogen and oxygen atoms in total. The molecule has 0 spiro atoms. The Labute approximate surface area is 87.9 Å². The van der Waals surface area contributed by atoms with E-state index in [4.69, 9.17) is 5.73 Å². The first kappa shape index (κ1) is 11.0. The number of nitrogens with zero attached hydrogens (tertiary/aromatic N) is 1. The highest BCUT2D eigenvalue weighted by Crippen LogP contribution is 2.07. The van der Waals surface area contributed by atoms with E-state index in [0.717, 1.165) is 5.56 Å². The summed E-state index contributed by atoms with van der Waals surface area (Å²) in [6, 6.07) is 7.23. The molecule has 1 amide bonds. The summed E-state index contributed by atoms with van der Waals surface area (Å²) in [6.45, 7) is 1.77. The lowest BCUT2D eigenvalue weighted by molar-refractivity contribution is 0.171. The van der Waals surface area contributed by atoms with Crippen LogP contribution < -0.4 is 11.2 Å². The van der Waals surface area contributed by atoms with E-state index in [2.05, 4.69) is 15.3 Å². The number of ether oxygens (including phenoxy) is 1. The van der Waals surface area contributed by atoms with Crippen LogP contribution >= 0.6 is 0 Å². The van der Waals surface area contributed by atoms with Gasteiger partial charge in [-0.3, -0.25) is 0 Å². The largest absolute Gasteiger partial charge is 0.452 e. The summed E-state index contributed by atoms with van der Waals surface area (Å²) in [5, 5.41) is 3.84. The van der Waals surface area contributed by atoms with E-state index in [1.165, 1.54) is 7.11 Å². The number of nitrogen functional groups attached to an aromatic ring is 1. The van der Waals surface area contributed by atoms with Crippen LogP contribution in [0.3, 0.4) is 0 Å². The standard InChI is InChI=1S/C10H13N3O2/c1-7(12-13-10(14)15-2)8-4-3-5-9(11)6-8/h3-6H,11H2,1-2H3,(H,13,14). The zero-order valence-electron chi connectivity index (χ0n) is 8.65. The summed E-state index contributed by atoms with van der Waals surface area (Å²) in [5.41, 5.74) is 10.0. The van der Waals surface area contributed by atoms with Crippen molar-refractivity contribution in [3.63, 3.8) is 0 Å². The van der Waals surface area contributed by atoms with Crippen molar-refractivity contribution < 1.29 is 9.53 Å². The van der Waals surface area contributed by atoms with Crippen molar-refractivity contribution in [3.05, 3.63) is 29.8 Å². The predicted molar refractivity (Wildman–Crippen MR) is 58.6 cm³/mol. The quantitative estimate of drug-likeness (QED) is 0.436. The molecule has 1 aromatic rings. The number of anilines is 1. The summed E-state index contributed by atoms with van der Waals surface area (Å²) in [7, 11) is 1.28. The molecule has 0 fully saturated rings. The molecule has 80 valence electrons. The summed E-state index contributed by atoms with van der Waals surface area (Å²) in [4.78, 5) is 10.7. The lowest BCUT2D eigenvalue weighted by Crippen LogP contribution is -2.18. The van der Waals surface area contributed by atoms with Crippen LogP contribution in [-0.4, -0.2) is 18.9 Å². The summed E-state index contributed by atoms with van der Waals surface area (Å²) < 4.78 is 4.38. The minimum absolute atomic E-state index is 0.599. The van der Waals surface area contributed by atoms with E-state index in [0.29, 0.717) is 11.4 Å². The molecule has 0 unspecified atom stereocenters. The van der Waals surface area contributed by atoms with E-state index in [-0.39, 0.29) is 0 Å². The number of carbonyl (C=O) groups is 1. The minimum Gasteiger partial charge on any atom is -0.452 e. The monoisotopic (exact) mass is 207 g/mol. The van der Waals surface area contributed by atoms with Crippen LogP contribution in [0.2, 0.25) is 0 Å². The Morgan fingerprint density at radius 3 is 2.87 bits per heavy atom. The molecule has 5 heteroatoms. The van der Waals surface area contributed by atoms with Crippen LogP contribution in [0.4, 0.5) is 10.5 Å². The lowest BCUT2D eigenvalue weighted by atomic mass is 10.1. The van der Waals surface area contributed by atoms with Crippen LogP contribution in [0.15, 0.2) is 29.4 Å². The Kier molecular flexibility index (Phi) is 3.68. The van der Waals surface area contributed by atoms with Crippen molar-refractivity contribution in [2.24, 2.45) is 5.10 Å². The molecule has 0 saturated heterocycles. The van der Waals surface area contributed by atoms with E-state index in [9.17, 15) is 4.79 Å². The number of benzene rings is 1. The SMILES string of the molecule is COC(=O)NN=C(C)c1cccc(N)c1. The van der Waals surface area contributed by atoms with Crippen molar-refractivity contribution in [2.75, 3.05) is 12.8 Å². The normalized spacial score (nSPS) is 10.9. The van der Waals surface area contributed by atoms with Gasteiger partial charge in [-0.15, -0.1) is 0 Å². The summed E-state index contributed by atoms with van der Waals surface area (Å²) in [6.07, 6.45) is -0.599. The minimum atomic E-state index is -0.599. The summed E-state index contributed by atoms with van der Waals surface area (Å²) >= 11 is 0. The van der Waals surface area contributed by atoms with Gasteiger partial charge in [0.2, 0.25) is 0 Å². The lowest BCUT2D eigenvalue weighted by Gasteiger charge is -2.02. The number of nitrogens with one attached hydrogen (secondary N) is 1. The molecule has 1 rings (SSSR count). The molecule has 0 bridgehead atoms. The average Bonchev–Trinajstić information content (AvgIpc) is 2.25. The first-order valence-corrected chi connectivity index (χ1v) is 4.37. The second-order valence-corrected chi connectivity index (χ2v) is 2.93. The zero-order valence-corrected chi connectivity index (χ0v) is 8.65. The van der Waals surface area contributed by atoms with E-state index in [1.807, 2.05) is 12.1 Å². The van der Waals surface area contributed by atoms with Gasteiger partial charge in [-0.2, -0.15) is 5.10 Å². The van der Waals surface area contributed by atoms with Gasteiger partial charge < -0.3 is 10.5 Å². The van der Waals surface area contributed by atoms with Gasteiger partial charge in [0.05, 0.1) is 12.8 Å². The number of nitrogens with two attached hydrogens (primary N) is 1. The van der Waals surface area contributed by atoms with Gasteiger partial charge in [-0.25, -0.2) is 10.2 Å². The van der Waals surface area contributed by atoms with Gasteiger partial charge in [0.15, 0.2) is 0 Å². The van der Waals surface area contributed by atoms with Crippen LogP contribution in [0.25, 0.3) is 0 Å². The van der Waals surface area contributed by atoms with E-state index >= 15 is 0 Å². The molecule has 0 aliphatic carbocycles. The molecule has 1 aromatic carbocycles. The van der Waals surface area contributed by atoms with Gasteiger partial charge in [0.25, 0.3) is 0 Å². The smallest absolute Gasteiger partial charge is 0.427 e. The topological polar surface area (TPSA) is 76.7 Å². The highest BCUT2D eigenvalue weighted by molar-refractivity contribution is 5.99. The Balaban J connectivity index is 2.75. The van der Waals surface area contributed by atoms with Crippen molar-refractivity contribution in [1.82, 2.24) is 5.43 Å². The number of hydrogen-bond acceptors (Lipinski definition) is 4. The predicted octanol–water partition coefficient (Wildman–Crippen LogP) is 1.35. The molecule has 0 aliphatic heterocycles. The van der Waals surface area contributed by atoms with Crippen molar-refractivity contribution in [1.29, 1.82) is 0 Å². The Morgan fingerprint density at radius 1 is 1.53 bits per heavy atom. The van der Waals surface area contributed by atoms with Crippen LogP contribution in [0.1, 0.15) is 12.5 Å². The van der Waals surface area contributed by atoms with Crippen molar-refractivity contribution in [3.8, 4) is 0 Å². The second kappa shape index (κ2) is 4.99. The average molecular weight is 207 g/mol. The number of carbonyl (C=O) groups excluding carboxylic acids is 1. The molecule has 0 heterocycles. The molecular formula is C10H13N3O2. The Morgan fingerprint density at radius 2 is 2.27 bits per heavy atom. The summed E-state index contributed by atoms with van der Waals surface area (Å²) in [5.74, 6) is 0. The first-order valence-electron chi connectivity index (χ1n) is 4.37. The van der Waals surface area contributed by atoms with Gasteiger partial charge in [0.1, 0.15) is 0 Å². The number of methoxy groups -OCH3 is 1. The van der Waals surface area contributed by atoms with Crippen LogP contribution in [0.5, 0.6) is 0 Å². The third-order valence-corrected chi connectivity index (χ3v) is 1.80. The molecule has 0 atom stereocenters. The molecular weight excluding hydrogens is 194 g/mol. The number of hydrogen-bond donors (Lipinski definition) is 2. The van der Waals surface area contributed by atoms with Gasteiger partial charge >= 0.3 is 6.09 Å². The zero-order chi connectivity index (χ0) is 11.3. The highest BCUT2D eigenvalue weighted by Gasteiger charge is 1.99. The third kappa shape index (κ3) is 3.30. The van der Waals surface area contributed by atoms with Crippen molar-refractivity contribution in [2.45, 2.75) is 6.92 Å². The number of rotatable bonds is 2. The van der Waals surface area contributed by atoms with E-state index in [1.54, 1.807) is 19.1 Å². The molecule has 0 radical (unpaired) electrons. The first-order chi connectivity index (χ1) is 7.13. The van der Waals surface area contributed by atoms with Crippen molar-refractivity contribution >= 4 is 17.5 Å². The molecule has 15 heavy (non-hydrogen) atoms. The fraction of sp³-hybridized carbons (Fsp3) is 0.200. The third-order valence-electron chi connectivity index (χ3n) is 1.80. The molecule has 0 saturated carbocycles. The maximum absolute atomic E-state index is 10.7. The number of hydrazone groups is 1. The molecule has 3 N–H and O–H groups in total. The van der Waals surface area contributed by atoms with Gasteiger partial charge in [-0.05, 0) is 24.6 Å². The molecule has 0 aliphatic rings. The number of amides is 1. The van der Waals surface area contributed by atoms with Crippen LogP contribution in [0, 0.1) is 0 Å². The fourth-order valence-electron chi connectivity index (χ4n) is 1.00. The van der Waals surface area contributed by atoms with Gasteiger partial charge in [-0.1, -0.05) is 12.1 Å². The maximum Gasteiger partial charge on any atom is 0.427 e. The fourth-order valence-corrected chi connectivity index (χ4v) is 1.00. The maximum atomic E-state index is 10.7. The Hall–Kier alpha value is -2.04. The van der Waals surface area contributed by atoms with Crippen LogP contribution in [-0.2, 0) is 4.74 Å². The Bertz CT molecular complexity index is 388.